The van der Waals surface area contributed by atoms with E-state index in [0.717, 1.165) is 24.2 Å². The largest absolute Gasteiger partial charge is 0.349 e. The maximum absolute atomic E-state index is 12.4. The molecular weight excluding hydrogens is 290 g/mol. The lowest BCUT2D eigenvalue weighted by Crippen LogP contribution is -2.53. The number of benzene rings is 1. The molecule has 0 aliphatic heterocycles. The predicted molar refractivity (Wildman–Crippen MR) is 90.3 cm³/mol. The first-order chi connectivity index (χ1) is 11.0. The number of amides is 1. The van der Waals surface area contributed by atoms with Gasteiger partial charge >= 0.3 is 0 Å². The van der Waals surface area contributed by atoms with Gasteiger partial charge in [-0.15, -0.1) is 5.10 Å². The summed E-state index contributed by atoms with van der Waals surface area (Å²) in [4.78, 5) is 12.4. The Morgan fingerprint density at radius 1 is 1.26 bits per heavy atom. The highest BCUT2D eigenvalue weighted by atomic mass is 16.1. The van der Waals surface area contributed by atoms with Gasteiger partial charge in [-0.25, -0.2) is 4.68 Å². The fraction of sp³-hybridized carbons (Fsp3) is 0.471. The number of para-hydroxylation sites is 1. The second-order valence-electron chi connectivity index (χ2n) is 5.79. The van der Waals surface area contributed by atoms with Gasteiger partial charge in [-0.1, -0.05) is 37.3 Å². The van der Waals surface area contributed by atoms with Crippen LogP contribution in [0, 0.1) is 6.92 Å². The van der Waals surface area contributed by atoms with E-state index in [4.69, 9.17) is 5.73 Å². The minimum Gasteiger partial charge on any atom is -0.349 e. The molecule has 0 atom stereocenters. The Balaban J connectivity index is 2.12. The molecule has 0 saturated heterocycles. The third-order valence-corrected chi connectivity index (χ3v) is 4.47. The van der Waals surface area contributed by atoms with Crippen molar-refractivity contribution in [2.24, 2.45) is 5.73 Å². The molecule has 1 aromatic carbocycles. The molecule has 0 spiro atoms. The predicted octanol–water partition coefficient (Wildman–Crippen LogP) is 1.75. The number of nitrogens with zero attached hydrogens (tertiary/aromatic N) is 3. The van der Waals surface area contributed by atoms with E-state index < -0.39 is 0 Å². The second-order valence-corrected chi connectivity index (χ2v) is 5.79. The smallest absolute Gasteiger partial charge is 0.226 e. The number of nitrogens with two attached hydrogens (primary N) is 1. The van der Waals surface area contributed by atoms with Gasteiger partial charge in [0.05, 0.1) is 29.0 Å². The van der Waals surface area contributed by atoms with Crippen LogP contribution in [-0.2, 0) is 11.2 Å². The number of carbonyl (C=O) groups is 1. The molecule has 6 nitrogen and oxygen atoms in total. The third-order valence-electron chi connectivity index (χ3n) is 4.47. The van der Waals surface area contributed by atoms with E-state index in [0.29, 0.717) is 12.2 Å². The average Bonchev–Trinajstić information content (AvgIpc) is 2.94. The van der Waals surface area contributed by atoms with Gasteiger partial charge in [-0.2, -0.15) is 0 Å². The summed E-state index contributed by atoms with van der Waals surface area (Å²) in [5.41, 5.74) is 7.99. The van der Waals surface area contributed by atoms with Gasteiger partial charge < -0.3 is 11.1 Å². The SMILES string of the molecule is CCC(CC)(CN)NC(=O)Cc1nnn(-c2ccccc2)c1C. The quantitative estimate of drug-likeness (QED) is 0.815. The van der Waals surface area contributed by atoms with Gasteiger partial charge in [0.1, 0.15) is 0 Å². The molecule has 0 aliphatic carbocycles. The standard InChI is InChI=1S/C17H25N5O/c1-4-17(5-2,12-18)19-16(23)11-15-13(3)22(21-20-15)14-9-7-6-8-10-14/h6-10H,4-5,11-12,18H2,1-3H3,(H,19,23). The fourth-order valence-corrected chi connectivity index (χ4v) is 2.60. The molecule has 2 aromatic rings. The summed E-state index contributed by atoms with van der Waals surface area (Å²) in [5, 5.41) is 11.4. The zero-order valence-corrected chi connectivity index (χ0v) is 14.0. The highest BCUT2D eigenvalue weighted by Crippen LogP contribution is 2.15. The van der Waals surface area contributed by atoms with E-state index in [1.165, 1.54) is 0 Å². The van der Waals surface area contributed by atoms with Gasteiger partial charge in [0.2, 0.25) is 5.91 Å². The molecule has 1 heterocycles. The Morgan fingerprint density at radius 3 is 2.48 bits per heavy atom. The second kappa shape index (κ2) is 7.37. The molecule has 0 aliphatic rings. The Hall–Kier alpha value is -2.21. The van der Waals surface area contributed by atoms with Crippen molar-refractivity contribution in [1.82, 2.24) is 20.3 Å². The van der Waals surface area contributed by atoms with Crippen molar-refractivity contribution in [2.75, 3.05) is 6.54 Å². The monoisotopic (exact) mass is 315 g/mol. The summed E-state index contributed by atoms with van der Waals surface area (Å²) < 4.78 is 1.75. The number of nitrogens with one attached hydrogen (secondary N) is 1. The summed E-state index contributed by atoms with van der Waals surface area (Å²) >= 11 is 0. The van der Waals surface area contributed by atoms with Crippen LogP contribution in [0.25, 0.3) is 5.69 Å². The van der Waals surface area contributed by atoms with Crippen LogP contribution in [0.1, 0.15) is 38.1 Å². The molecule has 1 aromatic heterocycles. The van der Waals surface area contributed by atoms with Gasteiger partial charge in [-0.05, 0) is 31.9 Å². The zero-order valence-electron chi connectivity index (χ0n) is 14.0. The first-order valence-electron chi connectivity index (χ1n) is 8.03. The van der Waals surface area contributed by atoms with Gasteiger partial charge in [0.15, 0.2) is 0 Å². The van der Waals surface area contributed by atoms with Crippen LogP contribution in [0.15, 0.2) is 30.3 Å². The number of hydrogen-bond acceptors (Lipinski definition) is 4. The first-order valence-corrected chi connectivity index (χ1v) is 8.03. The van der Waals surface area contributed by atoms with Crippen LogP contribution in [0.5, 0.6) is 0 Å². The molecule has 1 amide bonds. The molecule has 3 N–H and O–H groups in total. The van der Waals surface area contributed by atoms with Crippen LogP contribution in [0.4, 0.5) is 0 Å². The van der Waals surface area contributed by atoms with Crippen molar-refractivity contribution in [3.8, 4) is 5.69 Å². The number of aromatic nitrogens is 3. The maximum atomic E-state index is 12.4. The Bertz CT molecular complexity index is 638. The van der Waals surface area contributed by atoms with Gasteiger partial charge in [-0.3, -0.25) is 4.79 Å². The Morgan fingerprint density at radius 2 is 1.91 bits per heavy atom. The van der Waals surface area contributed by atoms with Crippen LogP contribution in [-0.4, -0.2) is 33.0 Å². The van der Waals surface area contributed by atoms with Crippen LogP contribution in [0.3, 0.4) is 0 Å². The number of rotatable bonds is 7. The lowest BCUT2D eigenvalue weighted by molar-refractivity contribution is -0.122. The molecule has 6 heteroatoms. The highest BCUT2D eigenvalue weighted by Gasteiger charge is 2.27. The molecule has 0 unspecified atom stereocenters. The van der Waals surface area contributed by atoms with Crippen LogP contribution >= 0.6 is 0 Å². The van der Waals surface area contributed by atoms with E-state index in [9.17, 15) is 4.79 Å². The van der Waals surface area contributed by atoms with E-state index >= 15 is 0 Å². The van der Waals surface area contributed by atoms with Gasteiger partial charge in [0.25, 0.3) is 0 Å². The molecule has 0 saturated carbocycles. The minimum absolute atomic E-state index is 0.0673. The average molecular weight is 315 g/mol. The Kier molecular flexibility index (Phi) is 5.50. The van der Waals surface area contributed by atoms with Crippen molar-refractivity contribution in [1.29, 1.82) is 0 Å². The Labute approximate surface area is 137 Å². The summed E-state index contributed by atoms with van der Waals surface area (Å²) in [5.74, 6) is -0.0673. The normalized spacial score (nSPS) is 11.5. The van der Waals surface area contributed by atoms with E-state index in [2.05, 4.69) is 15.6 Å². The highest BCUT2D eigenvalue weighted by molar-refractivity contribution is 5.79. The zero-order chi connectivity index (χ0) is 16.9. The van der Waals surface area contributed by atoms with Crippen molar-refractivity contribution in [3.05, 3.63) is 41.7 Å². The van der Waals surface area contributed by atoms with Crippen molar-refractivity contribution in [3.63, 3.8) is 0 Å². The topological polar surface area (TPSA) is 85.8 Å². The molecule has 0 bridgehead atoms. The fourth-order valence-electron chi connectivity index (χ4n) is 2.60. The van der Waals surface area contributed by atoms with Gasteiger partial charge in [0, 0.05) is 6.54 Å². The molecule has 2 rings (SSSR count). The summed E-state index contributed by atoms with van der Waals surface area (Å²) in [6.45, 7) is 6.42. The van der Waals surface area contributed by atoms with E-state index in [1.54, 1.807) is 4.68 Å². The molecule has 23 heavy (non-hydrogen) atoms. The summed E-state index contributed by atoms with van der Waals surface area (Å²) in [7, 11) is 0. The number of hydrogen-bond donors (Lipinski definition) is 2. The molecular formula is C17H25N5O. The summed E-state index contributed by atoms with van der Waals surface area (Å²) in [6.07, 6.45) is 1.82. The molecule has 124 valence electrons. The minimum atomic E-state index is -0.333. The van der Waals surface area contributed by atoms with Crippen LogP contribution in [0.2, 0.25) is 0 Å². The van der Waals surface area contributed by atoms with Crippen LogP contribution < -0.4 is 11.1 Å². The maximum Gasteiger partial charge on any atom is 0.226 e. The molecule has 0 radical (unpaired) electrons. The summed E-state index contributed by atoms with van der Waals surface area (Å²) in [6, 6.07) is 9.76. The van der Waals surface area contributed by atoms with Crippen molar-refractivity contribution >= 4 is 5.91 Å². The first kappa shape index (κ1) is 17.1. The molecule has 0 fully saturated rings. The van der Waals surface area contributed by atoms with E-state index in [1.807, 2.05) is 51.1 Å². The van der Waals surface area contributed by atoms with Crippen molar-refractivity contribution in [2.45, 2.75) is 45.6 Å². The third kappa shape index (κ3) is 3.76. The van der Waals surface area contributed by atoms with E-state index in [-0.39, 0.29) is 17.9 Å². The lowest BCUT2D eigenvalue weighted by atomic mass is 9.92. The number of carbonyl (C=O) groups excluding carboxylic acids is 1. The van der Waals surface area contributed by atoms with Crippen molar-refractivity contribution < 1.29 is 4.79 Å². The lowest BCUT2D eigenvalue weighted by Gasteiger charge is -2.31.